The van der Waals surface area contributed by atoms with E-state index in [1.807, 2.05) is 826 Å². The predicted molar refractivity (Wildman–Crippen MR) is 923 cm³/mol. The fourth-order valence-electron chi connectivity index (χ4n) is 5.56. The SMILES string of the molecule is C.S=S=S=S=S=S=S=S=S=S=S=S=S=S=S=S=S=S=S=S=S=S=S=S=S=S=S=S=S=S=S=S=S=S=S=S=S=S=S=S=S=S=S=S=S=S=S=S=S=S=S=S=S=S=S=S=S=S=S=S=S=S=S=S=S=S=S=S=S=S=S=S=S=S=S=S=S=S=S=S=S=S=S=S=S=S=S=S=S=S=S=S=S=S=S=S=S=S=S=S=S=S=S=S=S=S=S.c1ccc(Nc2ccc3c(c2)c2ccc4ccccc4c2n3-c2ccccc2)cc1. The first-order valence-electron chi connectivity index (χ1n) is 27.9. The number of anilines is 2. The van der Waals surface area contributed by atoms with E-state index < -0.39 is 0 Å². The van der Waals surface area contributed by atoms with Crippen LogP contribution in [0.2, 0.25) is 0 Å². The minimum Gasteiger partial charge on any atom is -0.356 e. The molecular formula is C29H24N2S107. The molecule has 0 amide bonds. The van der Waals surface area contributed by atoms with Gasteiger partial charge in [-0.25, -0.2) is 0 Å². The molecule has 138 heavy (non-hydrogen) atoms. The van der Waals surface area contributed by atoms with Crippen LogP contribution in [0.15, 0.2) is 115 Å². The summed E-state index contributed by atoms with van der Waals surface area (Å²) in [4.78, 5) is 0. The van der Waals surface area contributed by atoms with Crippen LogP contribution in [0.1, 0.15) is 7.43 Å². The van der Waals surface area contributed by atoms with E-state index in [1.165, 1.54) is 56.0 Å². The first-order chi connectivity index (χ1) is 68.3. The van der Waals surface area contributed by atoms with Crippen molar-refractivity contribution in [2.75, 3.05) is 5.32 Å². The number of fused-ring (bicyclic) bond motifs is 5. The van der Waals surface area contributed by atoms with Gasteiger partial charge in [0, 0.05) is 988 Å². The second-order valence-electron chi connectivity index (χ2n) is 14.7. The van der Waals surface area contributed by atoms with Crippen molar-refractivity contribution in [3.05, 3.63) is 115 Å². The molecule has 0 unspecified atom stereocenters. The van der Waals surface area contributed by atoms with Crippen LogP contribution < -0.4 is 5.32 Å². The molecule has 1 aromatic heterocycles. The molecule has 0 saturated heterocycles. The second kappa shape index (κ2) is 124. The summed E-state index contributed by atoms with van der Waals surface area (Å²) >= 11 is 9.66. The van der Waals surface area contributed by atoms with Gasteiger partial charge in [-0.1, -0.05) is 80.2 Å². The molecule has 109 heteroatoms. The fourth-order valence-corrected chi connectivity index (χ4v) is 288. The minimum absolute atomic E-state index is 0. The van der Waals surface area contributed by atoms with E-state index in [0.29, 0.717) is 0 Å². The predicted octanol–water partition coefficient (Wildman–Crippen LogP) is 8.06. The molecule has 0 aliphatic heterocycles. The number of nitrogens with zero attached hydrogens (tertiary/aromatic N) is 1. The van der Waals surface area contributed by atoms with Crippen LogP contribution in [-0.4, -0.2) is 4.57 Å². The molecule has 1 N–H and O–H groups in total. The summed E-state index contributed by atoms with van der Waals surface area (Å²) in [6, 6.07) is 40.7. The van der Waals surface area contributed by atoms with Crippen LogP contribution in [0.25, 0.3) is 38.3 Å². The van der Waals surface area contributed by atoms with Crippen molar-refractivity contribution in [3.63, 3.8) is 0 Å². The molecule has 2 nitrogen and oxygen atoms in total. The molecule has 0 spiro atoms. The highest BCUT2D eigenvalue weighted by atomic mass is 33.6. The van der Waals surface area contributed by atoms with Crippen LogP contribution in [0.4, 0.5) is 11.4 Å². The molecular weight excluding hydrogens is 3810 g/mol. The zero-order valence-corrected chi connectivity index (χ0v) is 147. The summed E-state index contributed by atoms with van der Waals surface area (Å²) < 4.78 is 2.39. The van der Waals surface area contributed by atoms with Crippen molar-refractivity contribution in [2.45, 2.75) is 7.43 Å². The maximum Gasteiger partial charge on any atom is 0.0619 e. The number of para-hydroxylation sites is 2. The van der Waals surface area contributed by atoms with Crippen LogP contribution in [0.5, 0.6) is 0 Å². The molecule has 0 aliphatic rings. The molecule has 0 atom stereocenters. The van der Waals surface area contributed by atoms with Gasteiger partial charge in [0.2, 0.25) is 0 Å². The lowest BCUT2D eigenvalue weighted by Crippen LogP contribution is -1.94. The highest BCUT2D eigenvalue weighted by molar-refractivity contribution is 8.88. The average Bonchev–Trinajstić information content (AvgIpc) is 1.57. The quantitative estimate of drug-likeness (QED) is 0.194. The summed E-state index contributed by atoms with van der Waals surface area (Å²) in [5.41, 5.74) is 5.83. The molecule has 0 saturated carbocycles. The number of aromatic nitrogens is 1. The highest BCUT2D eigenvalue weighted by Gasteiger charge is 2.15. The fraction of sp³-hybridized carbons (Fsp3) is 0.0345. The Morgan fingerprint density at radius 1 is 0.152 bits per heavy atom. The van der Waals surface area contributed by atoms with Gasteiger partial charge in [-0.2, -0.15) is 0 Å². The number of rotatable bonds is 3. The van der Waals surface area contributed by atoms with E-state index in [0.717, 1.165) is 11.4 Å². The van der Waals surface area contributed by atoms with E-state index in [2.05, 4.69) is 107 Å². The lowest BCUT2D eigenvalue weighted by Gasteiger charge is -2.10. The Labute approximate surface area is 1100 Å². The highest BCUT2D eigenvalue weighted by Crippen LogP contribution is 2.38. The van der Waals surface area contributed by atoms with Gasteiger partial charge in [-0.3, -0.25) is 0 Å². The van der Waals surface area contributed by atoms with Crippen molar-refractivity contribution >= 4 is 999 Å². The van der Waals surface area contributed by atoms with Crippen LogP contribution in [-0.2, 0) is 955 Å². The Balaban J connectivity index is 0.00000106. The van der Waals surface area contributed by atoms with Gasteiger partial charge in [-0.05, 0) is 47.9 Å². The number of hydrogen-bond donors (Lipinski definition) is 1. The largest absolute Gasteiger partial charge is 0.356 e. The van der Waals surface area contributed by atoms with Crippen LogP contribution in [0, 0.1) is 0 Å². The van der Waals surface area contributed by atoms with Crippen molar-refractivity contribution in [3.8, 4) is 5.69 Å². The topological polar surface area (TPSA) is 17.0 Å². The Morgan fingerprint density at radius 2 is 0.333 bits per heavy atom. The van der Waals surface area contributed by atoms with Gasteiger partial charge in [0.05, 0.1) is 11.0 Å². The third-order valence-corrected chi connectivity index (χ3v) is 240. The Morgan fingerprint density at radius 3 is 0.536 bits per heavy atom. The lowest BCUT2D eigenvalue weighted by atomic mass is 10.1. The van der Waals surface area contributed by atoms with Crippen molar-refractivity contribution in [1.29, 1.82) is 0 Å². The summed E-state index contributed by atoms with van der Waals surface area (Å²) in [5, 5.41) is 8.58. The molecule has 6 aromatic rings. The Kier molecular flexibility index (Phi) is 135. The number of benzene rings is 5. The first-order valence-corrected chi connectivity index (χ1v) is 169. The maximum absolute atomic E-state index is 4.83. The minimum atomic E-state index is 0. The molecule has 0 bridgehead atoms. The second-order valence-corrected chi connectivity index (χ2v) is 200. The van der Waals surface area contributed by atoms with Gasteiger partial charge >= 0.3 is 0 Å². The Hall–Kier alpha value is 19.5. The summed E-state index contributed by atoms with van der Waals surface area (Å²) in [5.74, 6) is 0. The van der Waals surface area contributed by atoms with Crippen LogP contribution >= 0.6 is 0 Å². The summed E-state index contributed by atoms with van der Waals surface area (Å²) in [6.45, 7) is 0. The first kappa shape index (κ1) is 150. The molecule has 0 aliphatic carbocycles. The van der Waals surface area contributed by atoms with Crippen molar-refractivity contribution < 1.29 is 0 Å². The number of hydrogen-bond acceptors (Lipinski definition) is 3. The lowest BCUT2D eigenvalue weighted by molar-refractivity contribution is 1.19. The zero-order chi connectivity index (χ0) is 96.2. The van der Waals surface area contributed by atoms with Gasteiger partial charge in [-0.15, -0.1) is 0 Å². The standard InChI is InChI=1S/C28H20N2.CH4.S107/c1-3-10-21(11-4-1)29-22-16-18-27-26(19-22)25-17-15-20-9-7-8-14-24(20)28(25)30(27)23-12-5-2-6-13-23;;1-3-5-7-9-11-13-15-17-19-21-23-25-27-29-31-33-35-37-39-41-43-45-47-49-51-53-55-57-59-61-63-65-67-69-71-73-75-77-79-81-83-85-87-89-91-93-95-97-99-101-103-105-107-106-104-102-100-98-96-94-92-90-88-86-84-82-80-78-76-74-72-70-68-66-64-62-60-58-56-54-52-50-48-46-44-42-40-38-36-34-32-30-28-26-24-22-20-18-16-14-12-10-8-6-4-2/h1-19,29H;1H4;. The third-order valence-electron chi connectivity index (χ3n) is 8.62. The van der Waals surface area contributed by atoms with E-state index in [9.17, 15) is 0 Å². The average molecular weight is 3830 g/mol. The van der Waals surface area contributed by atoms with E-state index in [-0.39, 0.29) is 7.43 Å². The molecule has 1 heterocycles. The van der Waals surface area contributed by atoms with Crippen LogP contribution in [0.3, 0.4) is 0 Å². The number of nitrogens with one attached hydrogen (secondary N) is 1. The summed E-state index contributed by atoms with van der Waals surface area (Å²) in [6.07, 6.45) is 0. The van der Waals surface area contributed by atoms with E-state index >= 15 is 0 Å². The van der Waals surface area contributed by atoms with Gasteiger partial charge in [0.25, 0.3) is 0 Å². The molecule has 0 fully saturated rings. The molecule has 792 valence electrons. The van der Waals surface area contributed by atoms with Crippen molar-refractivity contribution in [1.82, 2.24) is 4.57 Å². The Bertz CT molecular complexity index is 10600. The van der Waals surface area contributed by atoms with Crippen molar-refractivity contribution in [2.24, 2.45) is 0 Å². The monoisotopic (exact) mass is 3820 g/mol. The van der Waals surface area contributed by atoms with Gasteiger partial charge in [0.1, 0.15) is 0 Å². The molecule has 5 aromatic carbocycles. The van der Waals surface area contributed by atoms with Gasteiger partial charge in [0.15, 0.2) is 0 Å². The van der Waals surface area contributed by atoms with E-state index in [1.54, 1.807) is 107 Å². The smallest absolute Gasteiger partial charge is 0.0619 e. The summed E-state index contributed by atoms with van der Waals surface area (Å²) in [7, 11) is 190. The van der Waals surface area contributed by atoms with Gasteiger partial charge < -0.3 is 9.88 Å². The normalized spacial score (nSPS) is 8.58. The molecule has 0 radical (unpaired) electrons. The maximum atomic E-state index is 4.83. The zero-order valence-electron chi connectivity index (χ0n) is 60.1. The van der Waals surface area contributed by atoms with E-state index in [4.69, 9.17) is 22.4 Å². The molecule has 6 rings (SSSR count). The third kappa shape index (κ3) is 96.1.